The lowest BCUT2D eigenvalue weighted by Crippen LogP contribution is -2.19. The van der Waals surface area contributed by atoms with Gasteiger partial charge in [-0.05, 0) is 42.0 Å². The molecule has 0 saturated carbocycles. The predicted molar refractivity (Wildman–Crippen MR) is 87.7 cm³/mol. The minimum Gasteiger partial charge on any atom is -0.381 e. The first kappa shape index (κ1) is 18.0. The number of anilines is 1. The standard InChI is InChI=1S/C13H15N3O6S2/c14-23(17,18)21-12-5-1-10(2-6-12)9-16-11-3-7-13(8-4-11)22-24(15,19)20/h1-8,16H,9H2,(H2,14,17,18)(H2,15,19,20). The van der Waals surface area contributed by atoms with Crippen LogP contribution in [0.5, 0.6) is 11.5 Å². The SMILES string of the molecule is NS(=O)(=O)Oc1ccc(CNc2ccc(OS(N)(=O)=O)cc2)cc1. The maximum Gasteiger partial charge on any atom is 0.380 e. The van der Waals surface area contributed by atoms with Crippen molar-refractivity contribution in [3.8, 4) is 11.5 Å². The van der Waals surface area contributed by atoms with Gasteiger partial charge in [0.05, 0.1) is 0 Å². The topological polar surface area (TPSA) is 151 Å². The van der Waals surface area contributed by atoms with E-state index >= 15 is 0 Å². The summed E-state index contributed by atoms with van der Waals surface area (Å²) in [6.07, 6.45) is 0. The summed E-state index contributed by atoms with van der Waals surface area (Å²) in [6.45, 7) is 0.449. The van der Waals surface area contributed by atoms with Crippen LogP contribution in [0.25, 0.3) is 0 Å². The Morgan fingerprint density at radius 3 is 1.58 bits per heavy atom. The predicted octanol–water partition coefficient (Wildman–Crippen LogP) is 0.463. The third-order valence-electron chi connectivity index (χ3n) is 2.70. The third kappa shape index (κ3) is 6.42. The van der Waals surface area contributed by atoms with E-state index in [1.165, 1.54) is 24.3 Å². The van der Waals surface area contributed by atoms with E-state index < -0.39 is 20.6 Å². The lowest BCUT2D eigenvalue weighted by atomic mass is 10.2. The number of nitrogens with two attached hydrogens (primary N) is 2. The van der Waals surface area contributed by atoms with Gasteiger partial charge in [0.1, 0.15) is 11.5 Å². The van der Waals surface area contributed by atoms with Crippen LogP contribution in [0.15, 0.2) is 48.5 Å². The first-order valence-corrected chi connectivity index (χ1v) is 9.42. The number of hydrogen-bond acceptors (Lipinski definition) is 7. The van der Waals surface area contributed by atoms with Crippen LogP contribution in [0.1, 0.15) is 5.56 Å². The molecule has 0 spiro atoms. The molecule has 0 heterocycles. The molecular formula is C13H15N3O6S2. The van der Waals surface area contributed by atoms with E-state index in [2.05, 4.69) is 13.7 Å². The Morgan fingerprint density at radius 1 is 0.750 bits per heavy atom. The van der Waals surface area contributed by atoms with E-state index in [0.717, 1.165) is 11.3 Å². The van der Waals surface area contributed by atoms with Gasteiger partial charge in [0.15, 0.2) is 0 Å². The van der Waals surface area contributed by atoms with Crippen molar-refractivity contribution in [1.29, 1.82) is 0 Å². The van der Waals surface area contributed by atoms with E-state index in [-0.39, 0.29) is 11.5 Å². The Labute approximate surface area is 139 Å². The largest absolute Gasteiger partial charge is 0.381 e. The van der Waals surface area contributed by atoms with Crippen LogP contribution in [0.3, 0.4) is 0 Å². The molecule has 0 fully saturated rings. The fourth-order valence-electron chi connectivity index (χ4n) is 1.76. The Hall–Kier alpha value is -2.34. The highest BCUT2D eigenvalue weighted by Gasteiger charge is 2.06. The molecule has 0 aromatic heterocycles. The van der Waals surface area contributed by atoms with Crippen LogP contribution in [0.2, 0.25) is 0 Å². The number of hydrogen-bond donors (Lipinski definition) is 3. The molecule has 2 aromatic rings. The second-order valence-electron chi connectivity index (χ2n) is 4.67. The summed E-state index contributed by atoms with van der Waals surface area (Å²) in [6, 6.07) is 12.5. The van der Waals surface area contributed by atoms with Gasteiger partial charge in [0.2, 0.25) is 0 Å². The molecular weight excluding hydrogens is 358 g/mol. The zero-order valence-corrected chi connectivity index (χ0v) is 13.9. The Morgan fingerprint density at radius 2 is 1.17 bits per heavy atom. The van der Waals surface area contributed by atoms with Gasteiger partial charge in [-0.25, -0.2) is 0 Å². The minimum absolute atomic E-state index is 0.104. The average Bonchev–Trinajstić information content (AvgIpc) is 2.45. The smallest absolute Gasteiger partial charge is 0.380 e. The summed E-state index contributed by atoms with van der Waals surface area (Å²) in [5.74, 6) is 0.221. The molecule has 0 saturated heterocycles. The van der Waals surface area contributed by atoms with Gasteiger partial charge in [0.25, 0.3) is 0 Å². The fraction of sp³-hybridized carbons (Fsp3) is 0.0769. The Bertz CT molecular complexity index is 816. The quantitative estimate of drug-likeness (QED) is 0.638. The van der Waals surface area contributed by atoms with E-state index in [0.29, 0.717) is 6.54 Å². The molecule has 0 aliphatic carbocycles. The highest BCUT2D eigenvalue weighted by Crippen LogP contribution is 2.18. The van der Waals surface area contributed by atoms with Gasteiger partial charge in [-0.1, -0.05) is 12.1 Å². The number of nitrogens with one attached hydrogen (secondary N) is 1. The maximum absolute atomic E-state index is 10.8. The normalized spacial score (nSPS) is 11.8. The molecule has 0 amide bonds. The number of benzene rings is 2. The third-order valence-corrected chi connectivity index (χ3v) is 3.55. The van der Waals surface area contributed by atoms with Gasteiger partial charge in [-0.2, -0.15) is 27.1 Å². The molecule has 2 rings (SSSR count). The maximum atomic E-state index is 10.8. The summed E-state index contributed by atoms with van der Waals surface area (Å²) in [5, 5.41) is 12.6. The number of rotatable bonds is 7. The molecule has 0 radical (unpaired) electrons. The monoisotopic (exact) mass is 373 g/mol. The van der Waals surface area contributed by atoms with Gasteiger partial charge in [-0.3, -0.25) is 0 Å². The fourth-order valence-corrected chi connectivity index (χ4v) is 2.52. The molecule has 130 valence electrons. The van der Waals surface area contributed by atoms with Crippen molar-refractivity contribution >= 4 is 26.3 Å². The molecule has 11 heteroatoms. The molecule has 0 unspecified atom stereocenters. The lowest BCUT2D eigenvalue weighted by Gasteiger charge is -2.08. The molecule has 5 N–H and O–H groups in total. The van der Waals surface area contributed by atoms with Crippen LogP contribution < -0.4 is 24.0 Å². The zero-order valence-electron chi connectivity index (χ0n) is 12.2. The van der Waals surface area contributed by atoms with E-state index in [9.17, 15) is 16.8 Å². The minimum atomic E-state index is -4.05. The zero-order chi connectivity index (χ0) is 17.8. The first-order valence-electron chi connectivity index (χ1n) is 6.48. The molecule has 2 aromatic carbocycles. The second kappa shape index (κ2) is 7.05. The van der Waals surface area contributed by atoms with Crippen molar-refractivity contribution < 1.29 is 25.2 Å². The summed E-state index contributed by atoms with van der Waals surface area (Å²) < 4.78 is 52.2. The Balaban J connectivity index is 1.93. The van der Waals surface area contributed by atoms with Crippen molar-refractivity contribution in [3.05, 3.63) is 54.1 Å². The van der Waals surface area contributed by atoms with Gasteiger partial charge < -0.3 is 13.7 Å². The average molecular weight is 373 g/mol. The van der Waals surface area contributed by atoms with Crippen LogP contribution >= 0.6 is 0 Å². The molecule has 9 nitrogen and oxygen atoms in total. The van der Waals surface area contributed by atoms with Crippen LogP contribution in [-0.4, -0.2) is 16.8 Å². The highest BCUT2D eigenvalue weighted by molar-refractivity contribution is 7.85. The molecule has 0 aliphatic rings. The summed E-state index contributed by atoms with van der Waals surface area (Å²) in [4.78, 5) is 0. The van der Waals surface area contributed by atoms with Crippen molar-refractivity contribution in [2.75, 3.05) is 5.32 Å². The van der Waals surface area contributed by atoms with E-state index in [1.807, 2.05) is 0 Å². The van der Waals surface area contributed by atoms with Gasteiger partial charge in [0, 0.05) is 12.2 Å². The summed E-state index contributed by atoms with van der Waals surface area (Å²) in [7, 11) is -8.09. The van der Waals surface area contributed by atoms with E-state index in [1.54, 1.807) is 24.3 Å². The van der Waals surface area contributed by atoms with E-state index in [4.69, 9.17) is 10.3 Å². The van der Waals surface area contributed by atoms with Crippen LogP contribution in [-0.2, 0) is 27.2 Å². The van der Waals surface area contributed by atoms with Crippen LogP contribution in [0.4, 0.5) is 5.69 Å². The first-order chi connectivity index (χ1) is 11.1. The summed E-state index contributed by atoms with van der Waals surface area (Å²) >= 11 is 0. The van der Waals surface area contributed by atoms with Gasteiger partial charge in [-0.15, -0.1) is 0 Å². The molecule has 0 aliphatic heterocycles. The van der Waals surface area contributed by atoms with Crippen molar-refractivity contribution in [1.82, 2.24) is 0 Å². The lowest BCUT2D eigenvalue weighted by molar-refractivity contribution is 0.485. The van der Waals surface area contributed by atoms with Gasteiger partial charge >= 0.3 is 20.6 Å². The summed E-state index contributed by atoms with van der Waals surface area (Å²) in [5.41, 5.74) is 1.59. The molecule has 0 atom stereocenters. The van der Waals surface area contributed by atoms with Crippen molar-refractivity contribution in [2.45, 2.75) is 6.54 Å². The van der Waals surface area contributed by atoms with Crippen LogP contribution in [0, 0.1) is 0 Å². The molecule has 0 bridgehead atoms. The van der Waals surface area contributed by atoms with Crippen molar-refractivity contribution in [3.63, 3.8) is 0 Å². The second-order valence-corrected chi connectivity index (χ2v) is 6.98. The molecule has 24 heavy (non-hydrogen) atoms. The highest BCUT2D eigenvalue weighted by atomic mass is 32.2. The van der Waals surface area contributed by atoms with Crippen molar-refractivity contribution in [2.24, 2.45) is 10.3 Å². The Kier molecular flexibility index (Phi) is 5.29.